The Morgan fingerprint density at radius 1 is 1.44 bits per heavy atom. The maximum absolute atomic E-state index is 11.4. The zero-order chi connectivity index (χ0) is 11.4. The molecule has 0 amide bonds. The molecule has 0 aliphatic carbocycles. The maximum Gasteiger partial charge on any atom is 0.275 e. The molecule has 0 fully saturated rings. The molecule has 2 aromatic rings. The van der Waals surface area contributed by atoms with Crippen molar-refractivity contribution in [3.63, 3.8) is 0 Å². The highest BCUT2D eigenvalue weighted by Gasteiger charge is 2.06. The number of H-pyrrole nitrogens is 2. The molecule has 0 unspecified atom stereocenters. The Morgan fingerprint density at radius 2 is 2.31 bits per heavy atom. The minimum Gasteiger partial charge on any atom is -0.355 e. The summed E-state index contributed by atoms with van der Waals surface area (Å²) in [6.07, 6.45) is 4.27. The van der Waals surface area contributed by atoms with Crippen LogP contribution in [0.5, 0.6) is 0 Å². The second-order valence-corrected chi connectivity index (χ2v) is 3.97. The first-order chi connectivity index (χ1) is 7.83. The zero-order valence-electron chi connectivity index (χ0n) is 8.79. The van der Waals surface area contributed by atoms with Crippen molar-refractivity contribution >= 4 is 23.7 Å². The van der Waals surface area contributed by atoms with Gasteiger partial charge in [0.25, 0.3) is 5.56 Å². The van der Waals surface area contributed by atoms with Gasteiger partial charge in [-0.15, -0.1) is 0 Å². The summed E-state index contributed by atoms with van der Waals surface area (Å²) in [6.45, 7) is 1.63. The smallest absolute Gasteiger partial charge is 0.275 e. The minimum atomic E-state index is -0.133. The lowest BCUT2D eigenvalue weighted by atomic mass is 10.3. The molecule has 0 atom stereocenters. The lowest BCUT2D eigenvalue weighted by Crippen LogP contribution is -2.15. The summed E-state index contributed by atoms with van der Waals surface area (Å²) in [5.74, 6) is 0.874. The van der Waals surface area contributed by atoms with Gasteiger partial charge in [0.2, 0.25) is 0 Å². The molecule has 0 aliphatic heterocycles. The molecule has 16 heavy (non-hydrogen) atoms. The van der Waals surface area contributed by atoms with Gasteiger partial charge in [0.15, 0.2) is 0 Å². The van der Waals surface area contributed by atoms with Crippen LogP contribution in [-0.4, -0.2) is 27.2 Å². The van der Waals surface area contributed by atoms with E-state index in [0.717, 1.165) is 29.8 Å². The van der Waals surface area contributed by atoms with Crippen molar-refractivity contribution in [3.8, 4) is 0 Å². The third kappa shape index (κ3) is 2.28. The Labute approximate surface area is 98.1 Å². The normalized spacial score (nSPS) is 11.1. The van der Waals surface area contributed by atoms with Gasteiger partial charge in [-0.3, -0.25) is 4.79 Å². The molecular weight excluding hydrogens is 224 g/mol. The predicted octanol–water partition coefficient (Wildman–Crippen LogP) is 0.661. The highest BCUT2D eigenvalue weighted by Crippen LogP contribution is 2.10. The van der Waals surface area contributed by atoms with E-state index in [9.17, 15) is 4.79 Å². The van der Waals surface area contributed by atoms with Crippen LogP contribution in [0.1, 0.15) is 12.0 Å². The van der Waals surface area contributed by atoms with Crippen LogP contribution < -0.4 is 10.9 Å². The molecule has 3 N–H and O–H groups in total. The van der Waals surface area contributed by atoms with Crippen LogP contribution in [0, 0.1) is 0 Å². The van der Waals surface area contributed by atoms with Gasteiger partial charge in [-0.2, -0.15) is 12.6 Å². The van der Waals surface area contributed by atoms with E-state index in [2.05, 4.69) is 32.9 Å². The first kappa shape index (κ1) is 11.2. The fourth-order valence-electron chi connectivity index (χ4n) is 1.57. The second kappa shape index (κ2) is 5.18. The van der Waals surface area contributed by atoms with Gasteiger partial charge >= 0.3 is 0 Å². The molecule has 5 nitrogen and oxygen atoms in total. The van der Waals surface area contributed by atoms with Crippen LogP contribution in [-0.2, 0) is 6.54 Å². The zero-order valence-corrected chi connectivity index (χ0v) is 9.68. The van der Waals surface area contributed by atoms with Gasteiger partial charge in [0.1, 0.15) is 5.52 Å². The molecule has 0 saturated carbocycles. The number of rotatable bonds is 5. The van der Waals surface area contributed by atoms with Crippen LogP contribution in [0.15, 0.2) is 17.3 Å². The molecule has 2 rings (SSSR count). The monoisotopic (exact) mass is 238 g/mol. The predicted molar refractivity (Wildman–Crippen MR) is 66.9 cm³/mol. The number of hydrogen-bond donors (Lipinski definition) is 4. The highest BCUT2D eigenvalue weighted by molar-refractivity contribution is 7.80. The molecule has 2 aromatic heterocycles. The van der Waals surface area contributed by atoms with E-state index in [4.69, 9.17) is 0 Å². The molecule has 0 aromatic carbocycles. The van der Waals surface area contributed by atoms with Crippen LogP contribution in [0.25, 0.3) is 11.0 Å². The number of aromatic amines is 2. The van der Waals surface area contributed by atoms with E-state index in [0.29, 0.717) is 12.1 Å². The minimum absolute atomic E-state index is 0.133. The summed E-state index contributed by atoms with van der Waals surface area (Å²) in [6, 6.07) is 0. The van der Waals surface area contributed by atoms with Gasteiger partial charge in [-0.05, 0) is 18.7 Å². The number of aromatic nitrogens is 3. The fourth-order valence-corrected chi connectivity index (χ4v) is 1.72. The topological polar surface area (TPSA) is 73.6 Å². The number of fused-ring (bicyclic) bond motifs is 1. The van der Waals surface area contributed by atoms with E-state index in [1.54, 1.807) is 0 Å². The molecular formula is C10H14N4OS. The van der Waals surface area contributed by atoms with Gasteiger partial charge in [0.05, 0.1) is 11.8 Å². The molecule has 0 spiro atoms. The van der Waals surface area contributed by atoms with Gasteiger partial charge in [-0.25, -0.2) is 4.98 Å². The molecule has 2 heterocycles. The summed E-state index contributed by atoms with van der Waals surface area (Å²) in [4.78, 5) is 21.0. The fraction of sp³-hybridized carbons (Fsp3) is 0.400. The maximum atomic E-state index is 11.4. The second-order valence-electron chi connectivity index (χ2n) is 3.52. The lowest BCUT2D eigenvalue weighted by molar-refractivity contribution is 0.681. The van der Waals surface area contributed by atoms with Gasteiger partial charge in [-0.1, -0.05) is 0 Å². The summed E-state index contributed by atoms with van der Waals surface area (Å²) in [5.41, 5.74) is 2.16. The summed E-state index contributed by atoms with van der Waals surface area (Å²) < 4.78 is 0. The number of nitrogens with zero attached hydrogens (tertiary/aromatic N) is 1. The van der Waals surface area contributed by atoms with Gasteiger partial charge in [0, 0.05) is 18.3 Å². The molecule has 6 heteroatoms. The SMILES string of the molecule is O=c1[nH]cnc2c(CNCCCS)c[nH]c12. The largest absolute Gasteiger partial charge is 0.355 e. The Bertz CT molecular complexity index is 519. The standard InChI is InChI=1S/C10H14N4OS/c15-10-9-8(13-6-14-10)7(5-12-9)4-11-2-1-3-16/h5-6,11-12,16H,1-4H2,(H,13,14,15). The summed E-state index contributed by atoms with van der Waals surface area (Å²) in [5, 5.41) is 3.28. The number of thiol groups is 1. The molecule has 0 radical (unpaired) electrons. The van der Waals surface area contributed by atoms with Crippen molar-refractivity contribution in [2.75, 3.05) is 12.3 Å². The van der Waals surface area contributed by atoms with Crippen LogP contribution >= 0.6 is 12.6 Å². The summed E-state index contributed by atoms with van der Waals surface area (Å²) >= 11 is 4.14. The Balaban J connectivity index is 2.13. The van der Waals surface area contributed by atoms with Crippen molar-refractivity contribution in [1.29, 1.82) is 0 Å². The van der Waals surface area contributed by atoms with E-state index in [1.807, 2.05) is 6.20 Å². The molecule has 0 aliphatic rings. The average molecular weight is 238 g/mol. The van der Waals surface area contributed by atoms with E-state index >= 15 is 0 Å². The molecule has 86 valence electrons. The van der Waals surface area contributed by atoms with Crippen LogP contribution in [0.3, 0.4) is 0 Å². The van der Waals surface area contributed by atoms with Crippen LogP contribution in [0.4, 0.5) is 0 Å². The van der Waals surface area contributed by atoms with Crippen LogP contribution in [0.2, 0.25) is 0 Å². The van der Waals surface area contributed by atoms with E-state index < -0.39 is 0 Å². The quantitative estimate of drug-likeness (QED) is 0.457. The van der Waals surface area contributed by atoms with Crippen molar-refractivity contribution in [2.24, 2.45) is 0 Å². The lowest BCUT2D eigenvalue weighted by Gasteiger charge is -2.01. The van der Waals surface area contributed by atoms with Crippen molar-refractivity contribution in [1.82, 2.24) is 20.3 Å². The van der Waals surface area contributed by atoms with Gasteiger partial charge < -0.3 is 15.3 Å². The van der Waals surface area contributed by atoms with E-state index in [1.165, 1.54) is 6.33 Å². The molecule has 0 bridgehead atoms. The highest BCUT2D eigenvalue weighted by atomic mass is 32.1. The molecule has 0 saturated heterocycles. The summed E-state index contributed by atoms with van der Waals surface area (Å²) in [7, 11) is 0. The Kier molecular flexibility index (Phi) is 3.63. The van der Waals surface area contributed by atoms with Crippen molar-refractivity contribution < 1.29 is 0 Å². The number of nitrogens with one attached hydrogen (secondary N) is 3. The van der Waals surface area contributed by atoms with Crippen molar-refractivity contribution in [3.05, 3.63) is 28.4 Å². The first-order valence-electron chi connectivity index (χ1n) is 5.18. The average Bonchev–Trinajstić information content (AvgIpc) is 2.70. The van der Waals surface area contributed by atoms with E-state index in [-0.39, 0.29) is 5.56 Å². The van der Waals surface area contributed by atoms with Crippen molar-refractivity contribution in [2.45, 2.75) is 13.0 Å². The third-order valence-corrected chi connectivity index (χ3v) is 2.69. The third-order valence-electron chi connectivity index (χ3n) is 2.38. The Morgan fingerprint density at radius 3 is 3.12 bits per heavy atom. The Hall–Kier alpha value is -1.27. The number of hydrogen-bond acceptors (Lipinski definition) is 4. The first-order valence-corrected chi connectivity index (χ1v) is 5.81.